The summed E-state index contributed by atoms with van der Waals surface area (Å²) in [6.07, 6.45) is 7.35. The Hall–Kier alpha value is -2.05. The van der Waals surface area contributed by atoms with Gasteiger partial charge in [0.1, 0.15) is 0 Å². The van der Waals surface area contributed by atoms with Gasteiger partial charge < -0.3 is 15.3 Å². The van der Waals surface area contributed by atoms with Crippen LogP contribution in [0, 0.1) is 11.3 Å². The van der Waals surface area contributed by atoms with Gasteiger partial charge in [-0.05, 0) is 81.0 Å². The molecule has 1 aromatic carbocycles. The molecule has 2 atom stereocenters. The van der Waals surface area contributed by atoms with Gasteiger partial charge in [-0.15, -0.1) is 0 Å². The smallest absolute Gasteiger partial charge is 0.333 e. The van der Waals surface area contributed by atoms with Crippen LogP contribution in [-0.4, -0.2) is 54.1 Å². The number of benzene rings is 1. The number of carboxylic acid groups (broad SMARTS) is 1. The maximum absolute atomic E-state index is 13.0. The molecule has 0 radical (unpaired) electrons. The van der Waals surface area contributed by atoms with Crippen molar-refractivity contribution < 1.29 is 14.7 Å². The number of piperazine rings is 1. The summed E-state index contributed by atoms with van der Waals surface area (Å²) in [7, 11) is 0. The number of carboxylic acids is 1. The van der Waals surface area contributed by atoms with Crippen LogP contribution >= 0.6 is 11.6 Å². The molecule has 1 aromatic rings. The third kappa shape index (κ3) is 4.53. The summed E-state index contributed by atoms with van der Waals surface area (Å²) in [6.45, 7) is 3.95. The molecule has 3 aliphatic carbocycles. The fourth-order valence-electron chi connectivity index (χ4n) is 5.83. The molecule has 0 bridgehead atoms. The van der Waals surface area contributed by atoms with E-state index < -0.39 is 5.97 Å². The summed E-state index contributed by atoms with van der Waals surface area (Å²) in [5.41, 5.74) is 2.53. The summed E-state index contributed by atoms with van der Waals surface area (Å²) in [5.74, 6) is -0.865. The van der Waals surface area contributed by atoms with Gasteiger partial charge in [-0.1, -0.05) is 11.6 Å². The van der Waals surface area contributed by atoms with Gasteiger partial charge in [0.2, 0.25) is 5.91 Å². The standard InChI is InChI=1S/C25H32ClN3O3/c26-18-2-5-19(6-3-18)28-11-13-29(14-12-28)20-4-1-17(15-20)23(30)27-22-7-8-25(9-10-25)16-21(22)24(31)32/h2-3,5-6,17,20H,1,4,7-16H2,(H,27,30)(H,31,32)/t17-,20+/m1/s1. The molecule has 0 aromatic heterocycles. The third-order valence-electron chi connectivity index (χ3n) is 8.11. The van der Waals surface area contributed by atoms with Crippen LogP contribution in [0.4, 0.5) is 5.69 Å². The summed E-state index contributed by atoms with van der Waals surface area (Å²) in [4.78, 5) is 29.7. The molecule has 1 saturated heterocycles. The number of anilines is 1. The minimum absolute atomic E-state index is 0.0198. The second-order valence-electron chi connectivity index (χ2n) is 10.1. The van der Waals surface area contributed by atoms with Gasteiger partial charge in [-0.2, -0.15) is 0 Å². The van der Waals surface area contributed by atoms with E-state index in [0.29, 0.717) is 30.2 Å². The van der Waals surface area contributed by atoms with Crippen LogP contribution in [-0.2, 0) is 9.59 Å². The topological polar surface area (TPSA) is 72.9 Å². The molecule has 1 aliphatic heterocycles. The Kier molecular flexibility index (Phi) is 5.93. The van der Waals surface area contributed by atoms with Crippen molar-refractivity contribution in [3.8, 4) is 0 Å². The van der Waals surface area contributed by atoms with E-state index in [1.54, 1.807) is 0 Å². The Morgan fingerprint density at radius 1 is 1.03 bits per heavy atom. The summed E-state index contributed by atoms with van der Waals surface area (Å²) < 4.78 is 0. The Morgan fingerprint density at radius 2 is 1.75 bits per heavy atom. The lowest BCUT2D eigenvalue weighted by molar-refractivity contribution is -0.133. The normalized spacial score (nSPS) is 27.6. The number of aliphatic carboxylic acids is 1. The number of halogens is 1. The van der Waals surface area contributed by atoms with Crippen LogP contribution in [0.25, 0.3) is 0 Å². The largest absolute Gasteiger partial charge is 0.478 e. The highest BCUT2D eigenvalue weighted by Gasteiger charge is 2.47. The van der Waals surface area contributed by atoms with Gasteiger partial charge in [-0.3, -0.25) is 9.69 Å². The van der Waals surface area contributed by atoms with Crippen LogP contribution in [0.15, 0.2) is 35.5 Å². The van der Waals surface area contributed by atoms with Crippen molar-refractivity contribution in [3.63, 3.8) is 0 Å². The molecule has 2 saturated carbocycles. The first kappa shape index (κ1) is 21.8. The van der Waals surface area contributed by atoms with E-state index >= 15 is 0 Å². The maximum Gasteiger partial charge on any atom is 0.333 e. The SMILES string of the molecule is O=C(O)C1=C(NC(=O)[C@@H]2CC[C@H](N3CCN(c4ccc(Cl)cc4)CC3)C2)CCC2(CC2)C1. The number of carbonyl (C=O) groups is 2. The average molecular weight is 458 g/mol. The molecule has 0 unspecified atom stereocenters. The predicted molar refractivity (Wildman–Crippen MR) is 125 cm³/mol. The van der Waals surface area contributed by atoms with Crippen molar-refractivity contribution in [2.75, 3.05) is 31.1 Å². The zero-order valence-electron chi connectivity index (χ0n) is 18.5. The van der Waals surface area contributed by atoms with Crippen LogP contribution < -0.4 is 10.2 Å². The fourth-order valence-corrected chi connectivity index (χ4v) is 5.96. The molecule has 2 N–H and O–H groups in total. The Labute approximate surface area is 194 Å². The summed E-state index contributed by atoms with van der Waals surface area (Å²) >= 11 is 6.01. The van der Waals surface area contributed by atoms with Crippen LogP contribution in [0.2, 0.25) is 5.02 Å². The lowest BCUT2D eigenvalue weighted by atomic mass is 9.84. The van der Waals surface area contributed by atoms with Crippen LogP contribution in [0.3, 0.4) is 0 Å². The number of carbonyl (C=O) groups excluding carboxylic acids is 1. The molecule has 4 aliphatic rings. The highest BCUT2D eigenvalue weighted by atomic mass is 35.5. The molecule has 7 heteroatoms. The van der Waals surface area contributed by atoms with Crippen molar-refractivity contribution >= 4 is 29.2 Å². The molecular formula is C25H32ClN3O3. The lowest BCUT2D eigenvalue weighted by Crippen LogP contribution is -2.50. The molecule has 32 heavy (non-hydrogen) atoms. The van der Waals surface area contributed by atoms with Gasteiger partial charge in [0.15, 0.2) is 0 Å². The molecule has 5 rings (SSSR count). The van der Waals surface area contributed by atoms with Crippen molar-refractivity contribution in [1.82, 2.24) is 10.2 Å². The molecular weight excluding hydrogens is 426 g/mol. The molecule has 1 amide bonds. The first-order valence-corrected chi connectivity index (χ1v) is 12.3. The number of hydrogen-bond donors (Lipinski definition) is 2. The van der Waals surface area contributed by atoms with Gasteiger partial charge >= 0.3 is 5.97 Å². The molecule has 6 nitrogen and oxygen atoms in total. The van der Waals surface area contributed by atoms with Crippen molar-refractivity contribution in [2.45, 2.75) is 57.4 Å². The van der Waals surface area contributed by atoms with Gasteiger partial charge in [0, 0.05) is 54.5 Å². The van der Waals surface area contributed by atoms with Gasteiger partial charge in [0.05, 0.1) is 5.57 Å². The van der Waals surface area contributed by atoms with E-state index in [-0.39, 0.29) is 17.2 Å². The van der Waals surface area contributed by atoms with E-state index in [4.69, 9.17) is 11.6 Å². The predicted octanol–water partition coefficient (Wildman–Crippen LogP) is 4.05. The van der Waals surface area contributed by atoms with E-state index in [0.717, 1.165) is 69.7 Å². The van der Waals surface area contributed by atoms with E-state index in [1.165, 1.54) is 5.69 Å². The number of allylic oxidation sites excluding steroid dienone is 1. The number of hydrogen-bond acceptors (Lipinski definition) is 4. The quantitative estimate of drug-likeness (QED) is 0.697. The minimum Gasteiger partial charge on any atom is -0.478 e. The summed E-state index contributed by atoms with van der Waals surface area (Å²) in [6, 6.07) is 8.46. The second kappa shape index (κ2) is 8.71. The number of nitrogens with one attached hydrogen (secondary N) is 1. The second-order valence-corrected chi connectivity index (χ2v) is 10.5. The number of rotatable bonds is 5. The first-order valence-electron chi connectivity index (χ1n) is 11.9. The van der Waals surface area contributed by atoms with Crippen LogP contribution in [0.5, 0.6) is 0 Å². The number of amides is 1. The van der Waals surface area contributed by atoms with Crippen LogP contribution in [0.1, 0.15) is 51.4 Å². The molecule has 172 valence electrons. The zero-order valence-corrected chi connectivity index (χ0v) is 19.2. The summed E-state index contributed by atoms with van der Waals surface area (Å²) in [5, 5.41) is 13.4. The van der Waals surface area contributed by atoms with E-state index in [1.807, 2.05) is 12.1 Å². The van der Waals surface area contributed by atoms with Gasteiger partial charge in [-0.25, -0.2) is 4.79 Å². The Bertz CT molecular complexity index is 917. The average Bonchev–Trinajstić information content (AvgIpc) is 3.35. The maximum atomic E-state index is 13.0. The fraction of sp³-hybridized carbons (Fsp3) is 0.600. The monoisotopic (exact) mass is 457 g/mol. The highest BCUT2D eigenvalue weighted by molar-refractivity contribution is 6.30. The Morgan fingerprint density at radius 3 is 2.41 bits per heavy atom. The molecule has 1 spiro atoms. The first-order chi connectivity index (χ1) is 15.4. The highest BCUT2D eigenvalue weighted by Crippen LogP contribution is 2.57. The third-order valence-corrected chi connectivity index (χ3v) is 8.36. The van der Waals surface area contributed by atoms with Crippen molar-refractivity contribution in [3.05, 3.63) is 40.6 Å². The molecule has 1 heterocycles. The molecule has 3 fully saturated rings. The van der Waals surface area contributed by atoms with Gasteiger partial charge in [0.25, 0.3) is 0 Å². The lowest BCUT2D eigenvalue weighted by Gasteiger charge is -2.39. The van der Waals surface area contributed by atoms with Crippen molar-refractivity contribution in [2.24, 2.45) is 11.3 Å². The Balaban J connectivity index is 1.14. The van der Waals surface area contributed by atoms with E-state index in [2.05, 4.69) is 27.2 Å². The van der Waals surface area contributed by atoms with E-state index in [9.17, 15) is 14.7 Å². The number of nitrogens with zero attached hydrogens (tertiary/aromatic N) is 2. The minimum atomic E-state index is -0.867. The zero-order chi connectivity index (χ0) is 22.3. The van der Waals surface area contributed by atoms with Crippen molar-refractivity contribution in [1.29, 1.82) is 0 Å².